The van der Waals surface area contributed by atoms with Gasteiger partial charge in [-0.25, -0.2) is 4.98 Å². The molecule has 22 heavy (non-hydrogen) atoms. The van der Waals surface area contributed by atoms with Crippen molar-refractivity contribution < 1.29 is 4.79 Å². The van der Waals surface area contributed by atoms with Crippen LogP contribution in [0.1, 0.15) is 24.4 Å². The molecular weight excluding hydrogens is 276 g/mol. The summed E-state index contributed by atoms with van der Waals surface area (Å²) in [5.41, 5.74) is 10.2. The lowest BCUT2D eigenvalue weighted by atomic mass is 9.79. The van der Waals surface area contributed by atoms with E-state index in [0.717, 1.165) is 16.8 Å². The molecule has 2 unspecified atom stereocenters. The Morgan fingerprint density at radius 3 is 3.00 bits per heavy atom. The Morgan fingerprint density at radius 1 is 1.36 bits per heavy atom. The van der Waals surface area contributed by atoms with Crippen LogP contribution in [-0.2, 0) is 4.79 Å². The normalized spacial score (nSPS) is 23.4. The molecule has 5 heteroatoms. The van der Waals surface area contributed by atoms with Crippen molar-refractivity contribution in [1.29, 1.82) is 5.41 Å². The fraction of sp³-hybridized carbons (Fsp3) is 0.235. The van der Waals surface area contributed by atoms with Crippen LogP contribution in [0.2, 0.25) is 0 Å². The lowest BCUT2D eigenvalue weighted by molar-refractivity contribution is -0.120. The molecule has 110 valence electrons. The largest absolute Gasteiger partial charge is 0.396 e. The highest BCUT2D eigenvalue weighted by Crippen LogP contribution is 2.45. The highest BCUT2D eigenvalue weighted by atomic mass is 16.1. The van der Waals surface area contributed by atoms with Gasteiger partial charge in [-0.15, -0.1) is 0 Å². The fourth-order valence-electron chi connectivity index (χ4n) is 3.67. The van der Waals surface area contributed by atoms with Crippen LogP contribution in [-0.4, -0.2) is 21.5 Å². The Balaban J connectivity index is 1.83. The molecule has 0 radical (unpaired) electrons. The maximum atomic E-state index is 12.7. The Kier molecular flexibility index (Phi) is 2.76. The second-order valence-corrected chi connectivity index (χ2v) is 5.81. The fourth-order valence-corrected chi connectivity index (χ4v) is 3.67. The standard InChI is InChI=1S/C17H16N4O/c18-7-10-5-6-13(17(22)15(10)19)16-12-4-2-1-3-11(12)14-8-20-9-21(14)16/h1-4,7-9,13,16,18H,5-6,19H2. The quantitative estimate of drug-likeness (QED) is 0.833. The zero-order valence-corrected chi connectivity index (χ0v) is 12.0. The Labute approximate surface area is 128 Å². The van der Waals surface area contributed by atoms with Crippen molar-refractivity contribution in [2.75, 3.05) is 0 Å². The van der Waals surface area contributed by atoms with Gasteiger partial charge in [-0.3, -0.25) is 4.79 Å². The summed E-state index contributed by atoms with van der Waals surface area (Å²) in [6.45, 7) is 0. The predicted molar refractivity (Wildman–Crippen MR) is 83.5 cm³/mol. The van der Waals surface area contributed by atoms with Crippen LogP contribution in [0, 0.1) is 11.3 Å². The van der Waals surface area contributed by atoms with Gasteiger partial charge >= 0.3 is 0 Å². The Bertz CT molecular complexity index is 818. The minimum absolute atomic E-state index is 0.0490. The predicted octanol–water partition coefficient (Wildman–Crippen LogP) is 2.29. The van der Waals surface area contributed by atoms with Crippen LogP contribution in [0.15, 0.2) is 48.1 Å². The molecule has 0 saturated heterocycles. The molecule has 0 saturated carbocycles. The number of Topliss-reactive ketones (excluding diaryl/α,β-unsaturated/α-hetero) is 1. The summed E-state index contributed by atoms with van der Waals surface area (Å²) in [6.07, 6.45) is 6.22. The second kappa shape index (κ2) is 4.66. The van der Waals surface area contributed by atoms with Gasteiger partial charge in [0.15, 0.2) is 5.78 Å². The summed E-state index contributed by atoms with van der Waals surface area (Å²) in [7, 11) is 0. The lowest BCUT2D eigenvalue weighted by Crippen LogP contribution is -2.33. The number of hydrogen-bond acceptors (Lipinski definition) is 4. The molecule has 1 aromatic carbocycles. The molecule has 3 N–H and O–H groups in total. The minimum Gasteiger partial charge on any atom is -0.396 e. The van der Waals surface area contributed by atoms with E-state index in [1.165, 1.54) is 6.21 Å². The molecule has 0 fully saturated rings. The molecule has 2 aliphatic rings. The van der Waals surface area contributed by atoms with E-state index < -0.39 is 0 Å². The smallest absolute Gasteiger partial charge is 0.184 e. The highest BCUT2D eigenvalue weighted by molar-refractivity contribution is 6.03. The summed E-state index contributed by atoms with van der Waals surface area (Å²) in [6, 6.07) is 8.10. The van der Waals surface area contributed by atoms with Gasteiger partial charge in [0, 0.05) is 17.7 Å². The molecule has 0 bridgehead atoms. The van der Waals surface area contributed by atoms with E-state index in [1.807, 2.05) is 18.3 Å². The SMILES string of the molecule is N=CC1=C(N)C(=O)C(C2c3ccccc3-c3cncn32)CC1. The zero-order valence-electron chi connectivity index (χ0n) is 12.0. The number of benzene rings is 1. The molecule has 2 aromatic rings. The summed E-state index contributed by atoms with van der Waals surface area (Å²) < 4.78 is 2.08. The van der Waals surface area contributed by atoms with Crippen molar-refractivity contribution in [3.05, 3.63) is 53.6 Å². The molecule has 1 aliphatic heterocycles. The van der Waals surface area contributed by atoms with Gasteiger partial charge in [0.05, 0.1) is 30.0 Å². The summed E-state index contributed by atoms with van der Waals surface area (Å²) in [5, 5.41) is 7.37. The number of aromatic nitrogens is 2. The molecule has 5 nitrogen and oxygen atoms in total. The van der Waals surface area contributed by atoms with Gasteiger partial charge in [0.25, 0.3) is 0 Å². The van der Waals surface area contributed by atoms with Gasteiger partial charge in [-0.1, -0.05) is 24.3 Å². The van der Waals surface area contributed by atoms with Crippen LogP contribution in [0.5, 0.6) is 0 Å². The number of allylic oxidation sites excluding steroid dienone is 2. The molecule has 0 amide bonds. The number of rotatable bonds is 2. The van der Waals surface area contributed by atoms with Crippen LogP contribution < -0.4 is 5.73 Å². The summed E-state index contributed by atoms with van der Waals surface area (Å²) in [5.74, 6) is -0.244. The third-order valence-corrected chi connectivity index (χ3v) is 4.75. The summed E-state index contributed by atoms with van der Waals surface area (Å²) in [4.78, 5) is 16.9. The van der Waals surface area contributed by atoms with E-state index in [-0.39, 0.29) is 23.4 Å². The van der Waals surface area contributed by atoms with E-state index in [2.05, 4.69) is 21.7 Å². The van der Waals surface area contributed by atoms with E-state index in [1.54, 1.807) is 6.33 Å². The van der Waals surface area contributed by atoms with Crippen LogP contribution in [0.4, 0.5) is 0 Å². The van der Waals surface area contributed by atoms with Crippen LogP contribution in [0.25, 0.3) is 11.3 Å². The monoisotopic (exact) mass is 292 g/mol. The molecular formula is C17H16N4O. The Hall–Kier alpha value is -2.69. The van der Waals surface area contributed by atoms with Crippen molar-refractivity contribution >= 4 is 12.0 Å². The van der Waals surface area contributed by atoms with Crippen molar-refractivity contribution in [2.45, 2.75) is 18.9 Å². The molecule has 1 aliphatic carbocycles. The van der Waals surface area contributed by atoms with Crippen molar-refractivity contribution in [3.8, 4) is 11.3 Å². The highest BCUT2D eigenvalue weighted by Gasteiger charge is 2.40. The number of nitrogens with one attached hydrogen (secondary N) is 1. The van der Waals surface area contributed by atoms with Gasteiger partial charge in [-0.05, 0) is 24.0 Å². The van der Waals surface area contributed by atoms with Crippen LogP contribution in [0.3, 0.4) is 0 Å². The maximum absolute atomic E-state index is 12.7. The number of nitrogens with zero attached hydrogens (tertiary/aromatic N) is 2. The number of carbonyl (C=O) groups excluding carboxylic acids is 1. The third-order valence-electron chi connectivity index (χ3n) is 4.75. The number of hydrogen-bond donors (Lipinski definition) is 2. The van der Waals surface area contributed by atoms with E-state index in [9.17, 15) is 4.79 Å². The van der Waals surface area contributed by atoms with Crippen LogP contribution >= 0.6 is 0 Å². The van der Waals surface area contributed by atoms with Gasteiger partial charge in [-0.2, -0.15) is 0 Å². The number of imidazole rings is 1. The van der Waals surface area contributed by atoms with E-state index >= 15 is 0 Å². The minimum atomic E-state index is -0.194. The van der Waals surface area contributed by atoms with E-state index in [0.29, 0.717) is 18.4 Å². The summed E-state index contributed by atoms with van der Waals surface area (Å²) >= 11 is 0. The van der Waals surface area contributed by atoms with Gasteiger partial charge < -0.3 is 15.7 Å². The van der Waals surface area contributed by atoms with Crippen molar-refractivity contribution in [3.63, 3.8) is 0 Å². The first-order valence-electron chi connectivity index (χ1n) is 7.37. The molecule has 0 spiro atoms. The third kappa shape index (κ3) is 1.62. The maximum Gasteiger partial charge on any atom is 0.184 e. The topological polar surface area (TPSA) is 84.8 Å². The van der Waals surface area contributed by atoms with E-state index in [4.69, 9.17) is 11.1 Å². The molecule has 4 rings (SSSR count). The second-order valence-electron chi connectivity index (χ2n) is 5.81. The first-order valence-corrected chi connectivity index (χ1v) is 7.37. The lowest BCUT2D eigenvalue weighted by Gasteiger charge is -2.29. The average Bonchev–Trinajstić information content (AvgIpc) is 3.11. The average molecular weight is 292 g/mol. The first-order chi connectivity index (χ1) is 10.7. The Morgan fingerprint density at radius 2 is 2.18 bits per heavy atom. The molecule has 1 aromatic heterocycles. The first kappa shape index (κ1) is 13.0. The van der Waals surface area contributed by atoms with Gasteiger partial charge in [0.1, 0.15) is 0 Å². The molecule has 2 atom stereocenters. The van der Waals surface area contributed by atoms with Gasteiger partial charge in [0.2, 0.25) is 0 Å². The number of fused-ring (bicyclic) bond motifs is 3. The zero-order chi connectivity index (χ0) is 15.3. The van der Waals surface area contributed by atoms with Crippen molar-refractivity contribution in [1.82, 2.24) is 9.55 Å². The number of ketones is 1. The number of nitrogens with two attached hydrogens (primary N) is 1. The number of carbonyl (C=O) groups is 1. The molecule has 2 heterocycles. The van der Waals surface area contributed by atoms with Crippen molar-refractivity contribution in [2.24, 2.45) is 11.7 Å².